The van der Waals surface area contributed by atoms with Gasteiger partial charge in [-0.05, 0) is 25.9 Å². The summed E-state index contributed by atoms with van der Waals surface area (Å²) >= 11 is 5.60. The third-order valence-electron chi connectivity index (χ3n) is 2.29. The van der Waals surface area contributed by atoms with Crippen LogP contribution in [0.3, 0.4) is 0 Å². The zero-order chi connectivity index (χ0) is 11.7. The smallest absolute Gasteiger partial charge is 0.151 e. The van der Waals surface area contributed by atoms with Gasteiger partial charge in [0.1, 0.15) is 0 Å². The molecule has 0 aliphatic heterocycles. The fraction of sp³-hybridized carbons (Fsp3) is 1.00. The summed E-state index contributed by atoms with van der Waals surface area (Å²) in [6.45, 7) is 6.35. The lowest BCUT2D eigenvalue weighted by Crippen LogP contribution is -2.31. The first-order chi connectivity index (χ1) is 7.05. The van der Waals surface area contributed by atoms with Crippen LogP contribution in [-0.4, -0.2) is 50.3 Å². The molecular weight excluding hydrogens is 234 g/mol. The Bertz CT molecular complexity index is 242. The normalized spacial score (nSPS) is 12.3. The minimum atomic E-state index is -2.84. The van der Waals surface area contributed by atoms with Crippen LogP contribution in [0.1, 0.15) is 26.7 Å². The van der Waals surface area contributed by atoms with Crippen molar-refractivity contribution in [2.24, 2.45) is 0 Å². The van der Waals surface area contributed by atoms with Crippen LogP contribution in [0, 0.1) is 0 Å². The van der Waals surface area contributed by atoms with Gasteiger partial charge in [0, 0.05) is 18.2 Å². The predicted molar refractivity (Wildman–Crippen MR) is 66.4 cm³/mol. The van der Waals surface area contributed by atoms with Crippen LogP contribution in [0.5, 0.6) is 0 Å². The van der Waals surface area contributed by atoms with Crippen LogP contribution in [0.2, 0.25) is 0 Å². The van der Waals surface area contributed by atoms with Crippen LogP contribution < -0.4 is 0 Å². The maximum atomic E-state index is 11.5. The van der Waals surface area contributed by atoms with Crippen molar-refractivity contribution in [1.29, 1.82) is 0 Å². The third-order valence-corrected chi connectivity index (χ3v) is 4.39. The molecule has 5 heteroatoms. The highest BCUT2D eigenvalue weighted by molar-refractivity contribution is 7.91. The molecule has 3 nitrogen and oxygen atoms in total. The molecular formula is C10H22ClNO2S. The van der Waals surface area contributed by atoms with Gasteiger partial charge < -0.3 is 4.90 Å². The third kappa shape index (κ3) is 8.05. The lowest BCUT2D eigenvalue weighted by Gasteiger charge is -2.19. The first-order valence-electron chi connectivity index (χ1n) is 5.54. The molecule has 0 saturated heterocycles. The molecule has 0 heterocycles. The van der Waals surface area contributed by atoms with E-state index in [0.717, 1.165) is 19.5 Å². The second kappa shape index (κ2) is 8.36. The van der Waals surface area contributed by atoms with Gasteiger partial charge >= 0.3 is 0 Å². The second-order valence-electron chi connectivity index (χ2n) is 3.63. The maximum absolute atomic E-state index is 11.5. The average Bonchev–Trinajstić information content (AvgIpc) is 2.18. The Morgan fingerprint density at radius 3 is 2.27 bits per heavy atom. The summed E-state index contributed by atoms with van der Waals surface area (Å²) < 4.78 is 22.9. The van der Waals surface area contributed by atoms with Crippen molar-refractivity contribution >= 4 is 21.4 Å². The Morgan fingerprint density at radius 2 is 1.80 bits per heavy atom. The van der Waals surface area contributed by atoms with Crippen LogP contribution in [-0.2, 0) is 9.84 Å². The SMILES string of the molecule is CCCS(=O)(=O)CCN(CC)CCCCl. The van der Waals surface area contributed by atoms with E-state index in [-0.39, 0.29) is 5.75 Å². The summed E-state index contributed by atoms with van der Waals surface area (Å²) in [4.78, 5) is 2.13. The predicted octanol–water partition coefficient (Wildman–Crippen LogP) is 1.76. The molecule has 0 bridgehead atoms. The molecule has 0 atom stereocenters. The zero-order valence-electron chi connectivity index (χ0n) is 9.71. The lowest BCUT2D eigenvalue weighted by atomic mass is 10.4. The molecule has 0 rings (SSSR count). The Labute approximate surface area is 98.7 Å². The first-order valence-corrected chi connectivity index (χ1v) is 7.90. The molecule has 0 amide bonds. The molecule has 0 spiro atoms. The minimum Gasteiger partial charge on any atom is -0.303 e. The highest BCUT2D eigenvalue weighted by Gasteiger charge is 2.11. The van der Waals surface area contributed by atoms with Crippen molar-refractivity contribution in [3.8, 4) is 0 Å². The van der Waals surface area contributed by atoms with Crippen molar-refractivity contribution in [1.82, 2.24) is 4.90 Å². The second-order valence-corrected chi connectivity index (χ2v) is 6.31. The summed E-state index contributed by atoms with van der Waals surface area (Å²) in [5, 5.41) is 0. The largest absolute Gasteiger partial charge is 0.303 e. The van der Waals surface area contributed by atoms with Crippen molar-refractivity contribution in [3.05, 3.63) is 0 Å². The number of sulfone groups is 1. The Morgan fingerprint density at radius 1 is 1.13 bits per heavy atom. The molecule has 0 aromatic carbocycles. The van der Waals surface area contributed by atoms with E-state index in [1.807, 2.05) is 13.8 Å². The van der Waals surface area contributed by atoms with Gasteiger partial charge in [-0.3, -0.25) is 0 Å². The number of halogens is 1. The zero-order valence-corrected chi connectivity index (χ0v) is 11.3. The average molecular weight is 256 g/mol. The molecule has 15 heavy (non-hydrogen) atoms. The van der Waals surface area contributed by atoms with E-state index in [0.29, 0.717) is 24.6 Å². The molecule has 0 saturated carbocycles. The summed E-state index contributed by atoms with van der Waals surface area (Å²) in [5.74, 6) is 1.22. The van der Waals surface area contributed by atoms with Gasteiger partial charge in [0.05, 0.1) is 5.75 Å². The lowest BCUT2D eigenvalue weighted by molar-refractivity contribution is 0.306. The summed E-state index contributed by atoms with van der Waals surface area (Å²) in [7, 11) is -2.84. The van der Waals surface area contributed by atoms with Gasteiger partial charge in [-0.15, -0.1) is 11.6 Å². The standard InChI is InChI=1S/C10H22ClNO2S/c1-3-9-15(13,14)10-8-12(4-2)7-5-6-11/h3-10H2,1-2H3. The van der Waals surface area contributed by atoms with E-state index in [1.165, 1.54) is 0 Å². The highest BCUT2D eigenvalue weighted by atomic mass is 35.5. The number of hydrogen-bond donors (Lipinski definition) is 0. The number of nitrogens with zero attached hydrogens (tertiary/aromatic N) is 1. The Balaban J connectivity index is 3.89. The van der Waals surface area contributed by atoms with E-state index < -0.39 is 9.84 Å². The van der Waals surface area contributed by atoms with Crippen molar-refractivity contribution in [3.63, 3.8) is 0 Å². The highest BCUT2D eigenvalue weighted by Crippen LogP contribution is 1.98. The van der Waals surface area contributed by atoms with Gasteiger partial charge in [-0.2, -0.15) is 0 Å². The molecule has 0 unspecified atom stereocenters. The molecule has 0 fully saturated rings. The van der Waals surface area contributed by atoms with Crippen molar-refractivity contribution < 1.29 is 8.42 Å². The molecule has 92 valence electrons. The number of rotatable bonds is 9. The summed E-state index contributed by atoms with van der Waals surface area (Å²) in [5.41, 5.74) is 0. The molecule has 0 aliphatic carbocycles. The van der Waals surface area contributed by atoms with Crippen molar-refractivity contribution in [2.45, 2.75) is 26.7 Å². The van der Waals surface area contributed by atoms with Crippen LogP contribution in [0.25, 0.3) is 0 Å². The molecule has 0 aromatic rings. The summed E-state index contributed by atoms with van der Waals surface area (Å²) in [6, 6.07) is 0. The molecule has 0 N–H and O–H groups in total. The van der Waals surface area contributed by atoms with E-state index >= 15 is 0 Å². The molecule has 0 aromatic heterocycles. The molecule has 0 radical (unpaired) electrons. The number of alkyl halides is 1. The van der Waals surface area contributed by atoms with Crippen LogP contribution >= 0.6 is 11.6 Å². The van der Waals surface area contributed by atoms with Crippen molar-refractivity contribution in [2.75, 3.05) is 37.0 Å². The van der Waals surface area contributed by atoms with Gasteiger partial charge in [0.15, 0.2) is 9.84 Å². The van der Waals surface area contributed by atoms with Gasteiger partial charge in [-0.1, -0.05) is 13.8 Å². The molecule has 0 aliphatic rings. The van der Waals surface area contributed by atoms with Gasteiger partial charge in [0.25, 0.3) is 0 Å². The monoisotopic (exact) mass is 255 g/mol. The van der Waals surface area contributed by atoms with Crippen LogP contribution in [0.4, 0.5) is 0 Å². The topological polar surface area (TPSA) is 37.4 Å². The van der Waals surface area contributed by atoms with E-state index in [1.54, 1.807) is 0 Å². The quantitative estimate of drug-likeness (QED) is 0.590. The fourth-order valence-corrected chi connectivity index (χ4v) is 2.87. The fourth-order valence-electron chi connectivity index (χ4n) is 1.39. The van der Waals surface area contributed by atoms with Crippen LogP contribution in [0.15, 0.2) is 0 Å². The Kier molecular flexibility index (Phi) is 8.47. The first kappa shape index (κ1) is 15.2. The minimum absolute atomic E-state index is 0.275. The van der Waals surface area contributed by atoms with E-state index in [2.05, 4.69) is 4.90 Å². The van der Waals surface area contributed by atoms with Gasteiger partial charge in [0.2, 0.25) is 0 Å². The maximum Gasteiger partial charge on any atom is 0.151 e. The Hall–Kier alpha value is 0.200. The number of hydrogen-bond acceptors (Lipinski definition) is 3. The van der Waals surface area contributed by atoms with E-state index in [9.17, 15) is 8.42 Å². The summed E-state index contributed by atoms with van der Waals surface area (Å²) in [6.07, 6.45) is 1.62. The van der Waals surface area contributed by atoms with E-state index in [4.69, 9.17) is 11.6 Å². The van der Waals surface area contributed by atoms with Gasteiger partial charge in [-0.25, -0.2) is 8.42 Å².